The predicted octanol–water partition coefficient (Wildman–Crippen LogP) is 4.11. The fraction of sp³-hybridized carbons (Fsp3) is 0.333. The molecule has 0 saturated heterocycles. The molecular weight excluding hydrogens is 429 g/mol. The molecule has 34 heavy (non-hydrogen) atoms. The summed E-state index contributed by atoms with van der Waals surface area (Å²) in [5.41, 5.74) is 6.93. The molecule has 1 unspecified atom stereocenters. The van der Waals surface area contributed by atoms with Crippen LogP contribution in [0, 0.1) is 23.6 Å². The number of rotatable bonds is 4. The summed E-state index contributed by atoms with van der Waals surface area (Å²) in [6.45, 7) is 3.77. The van der Waals surface area contributed by atoms with Gasteiger partial charge in [0.15, 0.2) is 0 Å². The van der Waals surface area contributed by atoms with Crippen LogP contribution >= 0.6 is 0 Å². The summed E-state index contributed by atoms with van der Waals surface area (Å²) < 4.78 is 15.3. The van der Waals surface area contributed by atoms with Crippen LogP contribution in [0.4, 0.5) is 4.39 Å². The summed E-state index contributed by atoms with van der Waals surface area (Å²) in [5.74, 6) is 6.58. The molecular formula is C27H26FN5O. The Morgan fingerprint density at radius 3 is 2.74 bits per heavy atom. The van der Waals surface area contributed by atoms with Crippen LogP contribution in [0.15, 0.2) is 60.3 Å². The second kappa shape index (κ2) is 9.22. The number of carbonyl (C=O) groups is 1. The van der Waals surface area contributed by atoms with Crippen molar-refractivity contribution in [3.63, 3.8) is 0 Å². The highest BCUT2D eigenvalue weighted by molar-refractivity contribution is 5.73. The van der Waals surface area contributed by atoms with Crippen molar-refractivity contribution < 1.29 is 9.18 Å². The SMILES string of the molecule is CC(=O)NC(C#Cc1cncnc1)C[C@H]1CCC2=C1[C@@H](C)c1cnn(-c3ccc(F)cc3)c1C2. The van der Waals surface area contributed by atoms with Gasteiger partial charge < -0.3 is 5.32 Å². The quantitative estimate of drug-likeness (QED) is 0.475. The van der Waals surface area contributed by atoms with Crippen molar-refractivity contribution in [1.82, 2.24) is 25.1 Å². The van der Waals surface area contributed by atoms with Crippen molar-refractivity contribution in [2.45, 2.75) is 51.5 Å². The highest BCUT2D eigenvalue weighted by Gasteiger charge is 2.37. The van der Waals surface area contributed by atoms with Crippen molar-refractivity contribution in [3.8, 4) is 17.5 Å². The Morgan fingerprint density at radius 1 is 1.24 bits per heavy atom. The molecule has 3 atom stereocenters. The second-order valence-corrected chi connectivity index (χ2v) is 9.01. The van der Waals surface area contributed by atoms with Gasteiger partial charge in [-0.2, -0.15) is 5.10 Å². The van der Waals surface area contributed by atoms with Crippen LogP contribution in [0.5, 0.6) is 0 Å². The molecule has 3 aromatic rings. The van der Waals surface area contributed by atoms with Gasteiger partial charge in [-0.25, -0.2) is 19.0 Å². The first-order valence-corrected chi connectivity index (χ1v) is 11.6. The summed E-state index contributed by atoms with van der Waals surface area (Å²) in [5, 5.41) is 7.65. The summed E-state index contributed by atoms with van der Waals surface area (Å²) in [4.78, 5) is 19.9. The third-order valence-electron chi connectivity index (χ3n) is 6.78. The van der Waals surface area contributed by atoms with Gasteiger partial charge >= 0.3 is 0 Å². The fourth-order valence-electron chi connectivity index (χ4n) is 5.35. The van der Waals surface area contributed by atoms with Crippen molar-refractivity contribution in [1.29, 1.82) is 0 Å². The molecule has 0 bridgehead atoms. The molecule has 0 aliphatic heterocycles. The van der Waals surface area contributed by atoms with Crippen molar-refractivity contribution in [3.05, 3.63) is 83.0 Å². The molecule has 0 fully saturated rings. The highest BCUT2D eigenvalue weighted by atomic mass is 19.1. The Balaban J connectivity index is 1.39. The molecule has 172 valence electrons. The number of benzene rings is 1. The molecule has 1 amide bonds. The first kappa shape index (κ1) is 22.0. The van der Waals surface area contributed by atoms with Gasteiger partial charge in [0, 0.05) is 37.2 Å². The monoisotopic (exact) mass is 455 g/mol. The van der Waals surface area contributed by atoms with Gasteiger partial charge in [0.1, 0.15) is 12.1 Å². The van der Waals surface area contributed by atoms with E-state index >= 15 is 0 Å². The van der Waals surface area contributed by atoms with E-state index in [4.69, 9.17) is 0 Å². The van der Waals surface area contributed by atoms with Crippen molar-refractivity contribution in [2.75, 3.05) is 0 Å². The van der Waals surface area contributed by atoms with Crippen LogP contribution in [-0.4, -0.2) is 31.7 Å². The minimum atomic E-state index is -0.251. The van der Waals surface area contributed by atoms with Gasteiger partial charge in [0.25, 0.3) is 0 Å². The Labute approximate surface area is 198 Å². The Hall–Kier alpha value is -3.79. The molecule has 0 saturated carbocycles. The van der Waals surface area contributed by atoms with Gasteiger partial charge in [0.2, 0.25) is 5.91 Å². The zero-order valence-corrected chi connectivity index (χ0v) is 19.3. The number of amides is 1. The molecule has 7 heteroatoms. The van der Waals surface area contributed by atoms with E-state index in [-0.39, 0.29) is 23.7 Å². The Kier molecular flexibility index (Phi) is 5.97. The summed E-state index contributed by atoms with van der Waals surface area (Å²) in [6.07, 6.45) is 10.5. The van der Waals surface area contributed by atoms with Crippen LogP contribution < -0.4 is 5.32 Å². The molecule has 2 aliphatic carbocycles. The maximum Gasteiger partial charge on any atom is 0.217 e. The second-order valence-electron chi connectivity index (χ2n) is 9.01. The lowest BCUT2D eigenvalue weighted by Gasteiger charge is -2.28. The van der Waals surface area contributed by atoms with Crippen LogP contribution in [0.2, 0.25) is 0 Å². The lowest BCUT2D eigenvalue weighted by Crippen LogP contribution is -2.34. The average molecular weight is 456 g/mol. The lowest BCUT2D eigenvalue weighted by molar-refractivity contribution is -0.119. The highest BCUT2D eigenvalue weighted by Crippen LogP contribution is 2.48. The Morgan fingerprint density at radius 2 is 2.00 bits per heavy atom. The smallest absolute Gasteiger partial charge is 0.217 e. The maximum absolute atomic E-state index is 13.4. The minimum absolute atomic E-state index is 0.0876. The van der Waals surface area contributed by atoms with Gasteiger partial charge in [-0.05, 0) is 49.4 Å². The zero-order valence-electron chi connectivity index (χ0n) is 19.3. The van der Waals surface area contributed by atoms with Crippen LogP contribution in [0.3, 0.4) is 0 Å². The topological polar surface area (TPSA) is 72.7 Å². The number of halogens is 1. The number of hydrogen-bond donors (Lipinski definition) is 1. The number of fused-ring (bicyclic) bond motifs is 1. The number of nitrogens with one attached hydrogen (secondary N) is 1. The molecule has 1 N–H and O–H groups in total. The third-order valence-corrected chi connectivity index (χ3v) is 6.78. The molecule has 0 radical (unpaired) electrons. The van der Waals surface area contributed by atoms with E-state index in [9.17, 15) is 9.18 Å². The summed E-state index contributed by atoms with van der Waals surface area (Å²) in [7, 11) is 0. The Bertz CT molecular complexity index is 1300. The molecule has 2 aromatic heterocycles. The largest absolute Gasteiger partial charge is 0.343 e. The molecule has 6 nitrogen and oxygen atoms in total. The van der Waals surface area contributed by atoms with E-state index < -0.39 is 0 Å². The minimum Gasteiger partial charge on any atom is -0.343 e. The standard InChI is InChI=1S/C27H26FN5O/c1-17-25-15-31-33(24-9-6-22(28)7-10-24)26(25)12-21-5-4-20(27(17)21)11-23(32-18(2)34)8-3-19-13-29-16-30-14-19/h6-7,9-10,13-17,20,23H,4-5,11-12H2,1-2H3,(H,32,34)/t17-,20+,23?/m0/s1. The van der Waals surface area contributed by atoms with Crippen molar-refractivity contribution >= 4 is 5.91 Å². The number of aromatic nitrogens is 4. The molecule has 0 spiro atoms. The number of nitrogens with zero attached hydrogens (tertiary/aromatic N) is 4. The van der Waals surface area contributed by atoms with Crippen LogP contribution in [-0.2, 0) is 11.2 Å². The molecule has 5 rings (SSSR count). The van der Waals surface area contributed by atoms with Crippen molar-refractivity contribution in [2.24, 2.45) is 5.92 Å². The average Bonchev–Trinajstić information content (AvgIpc) is 3.43. The summed E-state index contributed by atoms with van der Waals surface area (Å²) in [6, 6.07) is 6.23. The molecule has 2 heterocycles. The van der Waals surface area contributed by atoms with Crippen LogP contribution in [0.1, 0.15) is 55.8 Å². The zero-order chi connectivity index (χ0) is 23.7. The van der Waals surface area contributed by atoms with Gasteiger partial charge in [0.05, 0.1) is 29.2 Å². The summed E-state index contributed by atoms with van der Waals surface area (Å²) >= 11 is 0. The first-order chi connectivity index (χ1) is 16.5. The van der Waals surface area contributed by atoms with E-state index in [0.29, 0.717) is 5.92 Å². The fourth-order valence-corrected chi connectivity index (χ4v) is 5.35. The number of allylic oxidation sites excluding steroid dienone is 2. The van der Waals surface area contributed by atoms with Gasteiger partial charge in [-0.1, -0.05) is 29.9 Å². The van der Waals surface area contributed by atoms with Crippen LogP contribution in [0.25, 0.3) is 5.69 Å². The lowest BCUT2D eigenvalue weighted by atomic mass is 9.78. The van der Waals surface area contributed by atoms with E-state index in [1.807, 2.05) is 10.9 Å². The number of hydrogen-bond acceptors (Lipinski definition) is 4. The number of carbonyl (C=O) groups excluding carboxylic acids is 1. The van der Waals surface area contributed by atoms with E-state index in [2.05, 4.69) is 39.1 Å². The maximum atomic E-state index is 13.4. The predicted molar refractivity (Wildman–Crippen MR) is 127 cm³/mol. The molecule has 1 aromatic carbocycles. The first-order valence-electron chi connectivity index (χ1n) is 11.6. The van der Waals surface area contributed by atoms with E-state index in [0.717, 1.165) is 36.9 Å². The normalized spacial score (nSPS) is 19.6. The van der Waals surface area contributed by atoms with E-state index in [1.165, 1.54) is 47.8 Å². The van der Waals surface area contributed by atoms with E-state index in [1.54, 1.807) is 24.5 Å². The third kappa shape index (κ3) is 4.36. The molecule has 2 aliphatic rings. The van der Waals surface area contributed by atoms with Gasteiger partial charge in [-0.15, -0.1) is 0 Å². The van der Waals surface area contributed by atoms with Gasteiger partial charge in [-0.3, -0.25) is 4.79 Å².